The molecule has 0 amide bonds. The fourth-order valence-corrected chi connectivity index (χ4v) is 3.30. The van der Waals surface area contributed by atoms with Gasteiger partial charge in [0.15, 0.2) is 0 Å². The zero-order valence-electron chi connectivity index (χ0n) is 8.78. The van der Waals surface area contributed by atoms with Gasteiger partial charge in [0.2, 0.25) is 0 Å². The van der Waals surface area contributed by atoms with Crippen LogP contribution in [0.3, 0.4) is 0 Å². The molecule has 2 unspecified atom stereocenters. The molecule has 2 rings (SSSR count). The van der Waals surface area contributed by atoms with E-state index < -0.39 is 0 Å². The van der Waals surface area contributed by atoms with Gasteiger partial charge in [-0.1, -0.05) is 20.8 Å². The van der Waals surface area contributed by atoms with Gasteiger partial charge in [-0.2, -0.15) is 0 Å². The Morgan fingerprint density at radius 2 is 1.83 bits per heavy atom. The van der Waals surface area contributed by atoms with Gasteiger partial charge in [-0.15, -0.1) is 0 Å². The number of nitrogens with one attached hydrogen (secondary N) is 1. The average Bonchev–Trinajstić information content (AvgIpc) is 2.85. The summed E-state index contributed by atoms with van der Waals surface area (Å²) >= 11 is 0. The molecule has 2 fully saturated rings. The molecular weight excluding hydrogens is 146 g/mol. The highest BCUT2D eigenvalue weighted by Gasteiger charge is 2.71. The van der Waals surface area contributed by atoms with Crippen molar-refractivity contribution in [3.8, 4) is 0 Å². The molecule has 70 valence electrons. The van der Waals surface area contributed by atoms with Crippen molar-refractivity contribution in [2.45, 2.75) is 33.6 Å². The largest absolute Gasteiger partial charge is 0.319 e. The van der Waals surface area contributed by atoms with Crippen molar-refractivity contribution in [2.24, 2.45) is 22.7 Å². The van der Waals surface area contributed by atoms with E-state index in [4.69, 9.17) is 0 Å². The monoisotopic (exact) mass is 167 g/mol. The minimum Gasteiger partial charge on any atom is -0.319 e. The Balaban J connectivity index is 2.07. The van der Waals surface area contributed by atoms with Crippen molar-refractivity contribution >= 4 is 0 Å². The van der Waals surface area contributed by atoms with Crippen molar-refractivity contribution in [3.63, 3.8) is 0 Å². The summed E-state index contributed by atoms with van der Waals surface area (Å²) < 4.78 is 0. The van der Waals surface area contributed by atoms with Crippen molar-refractivity contribution in [3.05, 3.63) is 0 Å². The lowest BCUT2D eigenvalue weighted by Gasteiger charge is -2.12. The first-order valence-corrected chi connectivity index (χ1v) is 5.19. The summed E-state index contributed by atoms with van der Waals surface area (Å²) in [7, 11) is 2.07. The highest BCUT2D eigenvalue weighted by molar-refractivity contribution is 5.20. The summed E-state index contributed by atoms with van der Waals surface area (Å²) in [4.78, 5) is 0. The molecule has 1 N–H and O–H groups in total. The smallest absolute Gasteiger partial charge is 0.00127 e. The number of hydrogen-bond acceptors (Lipinski definition) is 1. The van der Waals surface area contributed by atoms with Crippen LogP contribution < -0.4 is 5.32 Å². The molecule has 1 nitrogen and oxygen atoms in total. The molecule has 0 aromatic carbocycles. The van der Waals surface area contributed by atoms with E-state index in [1.807, 2.05) is 0 Å². The van der Waals surface area contributed by atoms with Gasteiger partial charge >= 0.3 is 0 Å². The van der Waals surface area contributed by atoms with Crippen molar-refractivity contribution in [1.29, 1.82) is 0 Å². The van der Waals surface area contributed by atoms with E-state index in [0.717, 1.165) is 11.8 Å². The molecule has 0 aromatic rings. The van der Waals surface area contributed by atoms with Crippen LogP contribution in [-0.2, 0) is 0 Å². The fourth-order valence-electron chi connectivity index (χ4n) is 3.30. The Bertz CT molecular complexity index is 193. The molecule has 1 heteroatoms. The standard InChI is InChI=1S/C11H21N/c1-10(2)9(7-12-4)11(10,3)8-5-6-8/h8-9,12H,5-7H2,1-4H3. The van der Waals surface area contributed by atoms with Crippen molar-refractivity contribution in [2.75, 3.05) is 13.6 Å². The highest BCUT2D eigenvalue weighted by atomic mass is 14.9. The van der Waals surface area contributed by atoms with Gasteiger partial charge in [0.1, 0.15) is 0 Å². The molecule has 0 aliphatic heterocycles. The zero-order valence-corrected chi connectivity index (χ0v) is 8.78. The number of hydrogen-bond donors (Lipinski definition) is 1. The van der Waals surface area contributed by atoms with Crippen molar-refractivity contribution < 1.29 is 0 Å². The second kappa shape index (κ2) is 2.25. The van der Waals surface area contributed by atoms with Crippen LogP contribution in [0.2, 0.25) is 0 Å². The molecule has 0 spiro atoms. The first kappa shape index (κ1) is 8.55. The van der Waals surface area contributed by atoms with E-state index in [1.54, 1.807) is 0 Å². The first-order valence-electron chi connectivity index (χ1n) is 5.19. The molecule has 12 heavy (non-hydrogen) atoms. The van der Waals surface area contributed by atoms with Gasteiger partial charge in [-0.25, -0.2) is 0 Å². The summed E-state index contributed by atoms with van der Waals surface area (Å²) in [6, 6.07) is 0. The third-order valence-electron chi connectivity index (χ3n) is 4.73. The van der Waals surface area contributed by atoms with Gasteiger partial charge in [-0.05, 0) is 49.1 Å². The second-order valence-electron chi connectivity index (χ2n) is 5.39. The Kier molecular flexibility index (Phi) is 1.61. The SMILES string of the molecule is CNCC1C(C)(C)C1(C)C1CC1. The van der Waals surface area contributed by atoms with E-state index in [1.165, 1.54) is 19.4 Å². The summed E-state index contributed by atoms with van der Waals surface area (Å²) in [5.74, 6) is 1.97. The lowest BCUT2D eigenvalue weighted by molar-refractivity contribution is 0.364. The lowest BCUT2D eigenvalue weighted by atomic mass is 9.93. The highest BCUT2D eigenvalue weighted by Crippen LogP contribution is 2.76. The van der Waals surface area contributed by atoms with Crippen LogP contribution >= 0.6 is 0 Å². The van der Waals surface area contributed by atoms with Crippen LogP contribution in [0, 0.1) is 22.7 Å². The Hall–Kier alpha value is -0.0400. The average molecular weight is 167 g/mol. The maximum absolute atomic E-state index is 3.32. The van der Waals surface area contributed by atoms with Crippen LogP contribution in [0.5, 0.6) is 0 Å². The predicted octanol–water partition coefficient (Wildman–Crippen LogP) is 2.28. The van der Waals surface area contributed by atoms with E-state index in [-0.39, 0.29) is 0 Å². The first-order chi connectivity index (χ1) is 5.55. The molecule has 0 radical (unpaired) electrons. The van der Waals surface area contributed by atoms with Gasteiger partial charge in [0.05, 0.1) is 0 Å². The predicted molar refractivity (Wildman–Crippen MR) is 52.0 cm³/mol. The molecule has 0 saturated heterocycles. The van der Waals surface area contributed by atoms with Gasteiger partial charge < -0.3 is 5.32 Å². The topological polar surface area (TPSA) is 12.0 Å². The van der Waals surface area contributed by atoms with Gasteiger partial charge in [0, 0.05) is 0 Å². The molecule has 0 heterocycles. The number of rotatable bonds is 3. The molecule has 2 aliphatic carbocycles. The van der Waals surface area contributed by atoms with Crippen LogP contribution in [0.1, 0.15) is 33.6 Å². The maximum Gasteiger partial charge on any atom is -0.00127 e. The Morgan fingerprint density at radius 3 is 2.25 bits per heavy atom. The minimum atomic E-state index is 0.594. The summed E-state index contributed by atoms with van der Waals surface area (Å²) in [5, 5.41) is 3.32. The summed E-state index contributed by atoms with van der Waals surface area (Å²) in [5.41, 5.74) is 1.26. The maximum atomic E-state index is 3.32. The van der Waals surface area contributed by atoms with Crippen LogP contribution in [0.4, 0.5) is 0 Å². The molecule has 2 atom stereocenters. The normalized spacial score (nSPS) is 44.5. The van der Waals surface area contributed by atoms with Crippen LogP contribution in [0.15, 0.2) is 0 Å². The third kappa shape index (κ3) is 0.834. The third-order valence-corrected chi connectivity index (χ3v) is 4.73. The minimum absolute atomic E-state index is 0.594. The van der Waals surface area contributed by atoms with Crippen LogP contribution in [-0.4, -0.2) is 13.6 Å². The van der Waals surface area contributed by atoms with Gasteiger partial charge in [0.25, 0.3) is 0 Å². The van der Waals surface area contributed by atoms with Crippen LogP contribution in [0.25, 0.3) is 0 Å². The molecular formula is C11H21N. The summed E-state index contributed by atoms with van der Waals surface area (Å²) in [6.45, 7) is 8.58. The zero-order chi connectivity index (χ0) is 8.98. The summed E-state index contributed by atoms with van der Waals surface area (Å²) in [6.07, 6.45) is 2.97. The van der Waals surface area contributed by atoms with Crippen molar-refractivity contribution in [1.82, 2.24) is 5.32 Å². The Labute approximate surface area is 75.9 Å². The molecule has 0 aromatic heterocycles. The van der Waals surface area contributed by atoms with E-state index in [2.05, 4.69) is 33.1 Å². The van der Waals surface area contributed by atoms with Gasteiger partial charge in [-0.3, -0.25) is 0 Å². The second-order valence-corrected chi connectivity index (χ2v) is 5.39. The Morgan fingerprint density at radius 1 is 1.25 bits per heavy atom. The quantitative estimate of drug-likeness (QED) is 0.680. The molecule has 2 aliphatic rings. The van der Waals surface area contributed by atoms with E-state index in [9.17, 15) is 0 Å². The van der Waals surface area contributed by atoms with E-state index >= 15 is 0 Å². The molecule has 2 saturated carbocycles. The molecule has 0 bridgehead atoms. The fraction of sp³-hybridized carbons (Fsp3) is 1.00. The van der Waals surface area contributed by atoms with E-state index in [0.29, 0.717) is 10.8 Å². The lowest BCUT2D eigenvalue weighted by Crippen LogP contribution is -2.14.